The fraction of sp³-hybridized carbons (Fsp3) is 0.333. The smallest absolute Gasteiger partial charge is 0.335 e. The zero-order valence-electron chi connectivity index (χ0n) is 18.3. The highest BCUT2D eigenvalue weighted by Crippen LogP contribution is 2.56. The summed E-state index contributed by atoms with van der Waals surface area (Å²) in [5, 5.41) is 14.3. The van der Waals surface area contributed by atoms with E-state index in [4.69, 9.17) is 21.2 Å². The van der Waals surface area contributed by atoms with Gasteiger partial charge in [-0.05, 0) is 73.4 Å². The third-order valence-electron chi connectivity index (χ3n) is 7.38. The Kier molecular flexibility index (Phi) is 4.84. The van der Waals surface area contributed by atoms with E-state index >= 15 is 0 Å². The maximum atomic E-state index is 11.1. The van der Waals surface area contributed by atoms with Crippen molar-refractivity contribution in [2.45, 2.75) is 38.0 Å². The molecule has 2 aromatic carbocycles. The van der Waals surface area contributed by atoms with Crippen LogP contribution in [0.15, 0.2) is 59.1 Å². The molecule has 0 amide bonds. The van der Waals surface area contributed by atoms with Crippen LogP contribution in [0.2, 0.25) is 5.02 Å². The lowest BCUT2D eigenvalue weighted by Gasteiger charge is -2.47. The van der Waals surface area contributed by atoms with Crippen LogP contribution >= 0.6 is 11.6 Å². The van der Waals surface area contributed by atoms with Crippen LogP contribution in [0.5, 0.6) is 0 Å². The Hall–Kier alpha value is -3.05. The highest BCUT2D eigenvalue weighted by Gasteiger charge is 2.43. The summed E-state index contributed by atoms with van der Waals surface area (Å²) in [5.41, 5.74) is 5.96. The van der Waals surface area contributed by atoms with Crippen LogP contribution in [0.3, 0.4) is 0 Å². The first-order chi connectivity index (χ1) is 16.0. The molecule has 2 aliphatic carbocycles. The summed E-state index contributed by atoms with van der Waals surface area (Å²) in [6.45, 7) is 1.93. The fourth-order valence-corrected chi connectivity index (χ4v) is 5.53. The number of hydrogen-bond donors (Lipinski definition) is 1. The summed E-state index contributed by atoms with van der Waals surface area (Å²) < 4.78 is 5.86. The van der Waals surface area contributed by atoms with Crippen molar-refractivity contribution < 1.29 is 14.4 Å². The van der Waals surface area contributed by atoms with Crippen molar-refractivity contribution in [1.82, 2.24) is 5.16 Å². The van der Waals surface area contributed by atoms with E-state index in [1.54, 1.807) is 12.1 Å². The van der Waals surface area contributed by atoms with Gasteiger partial charge < -0.3 is 14.5 Å². The molecule has 33 heavy (non-hydrogen) atoms. The number of aromatic nitrogens is 1. The summed E-state index contributed by atoms with van der Waals surface area (Å²) in [6.07, 6.45) is 8.00. The van der Waals surface area contributed by atoms with E-state index in [2.05, 4.69) is 16.1 Å². The molecule has 0 unspecified atom stereocenters. The number of carboxylic acid groups (broad SMARTS) is 1. The zero-order valence-corrected chi connectivity index (χ0v) is 19.0. The second-order valence-electron chi connectivity index (χ2n) is 9.57. The Bertz CT molecular complexity index is 1250. The predicted molar refractivity (Wildman–Crippen MR) is 129 cm³/mol. The van der Waals surface area contributed by atoms with Crippen molar-refractivity contribution in [1.29, 1.82) is 0 Å². The molecule has 0 atom stereocenters. The molecule has 1 aliphatic heterocycles. The van der Waals surface area contributed by atoms with Crippen LogP contribution in [-0.2, 0) is 0 Å². The molecule has 168 valence electrons. The number of benzene rings is 2. The Morgan fingerprint density at radius 1 is 1.09 bits per heavy atom. The molecular formula is C27H25ClN2O3. The average Bonchev–Trinajstić information content (AvgIpc) is 3.57. The maximum Gasteiger partial charge on any atom is 0.335 e. The first-order valence-electron chi connectivity index (χ1n) is 11.6. The topological polar surface area (TPSA) is 66.6 Å². The minimum Gasteiger partial charge on any atom is -0.478 e. The molecule has 1 saturated carbocycles. The number of carbonyl (C=O) groups is 1. The Balaban J connectivity index is 1.23. The third-order valence-corrected chi connectivity index (χ3v) is 7.71. The minimum atomic E-state index is -0.887. The van der Waals surface area contributed by atoms with Crippen molar-refractivity contribution in [3.63, 3.8) is 0 Å². The second-order valence-corrected chi connectivity index (χ2v) is 9.98. The quantitative estimate of drug-likeness (QED) is 0.462. The van der Waals surface area contributed by atoms with E-state index in [1.165, 1.54) is 11.1 Å². The van der Waals surface area contributed by atoms with Gasteiger partial charge in [-0.1, -0.05) is 41.0 Å². The molecule has 3 aromatic rings. The lowest BCUT2D eigenvalue weighted by molar-refractivity contribution is 0.0697. The van der Waals surface area contributed by atoms with Gasteiger partial charge in [-0.3, -0.25) is 0 Å². The molecule has 2 fully saturated rings. The van der Waals surface area contributed by atoms with E-state index in [1.807, 2.05) is 36.4 Å². The molecule has 5 nitrogen and oxygen atoms in total. The number of hydrogen-bond acceptors (Lipinski definition) is 4. The van der Waals surface area contributed by atoms with E-state index in [0.29, 0.717) is 16.5 Å². The van der Waals surface area contributed by atoms with Crippen LogP contribution in [0.25, 0.3) is 16.8 Å². The van der Waals surface area contributed by atoms with Crippen LogP contribution in [-0.4, -0.2) is 29.3 Å². The highest BCUT2D eigenvalue weighted by molar-refractivity contribution is 6.33. The number of aromatic carboxylic acids is 1. The molecule has 2 heterocycles. The van der Waals surface area contributed by atoms with Crippen molar-refractivity contribution in [3.05, 3.63) is 76.5 Å². The summed E-state index contributed by atoms with van der Waals surface area (Å²) in [4.78, 5) is 13.5. The summed E-state index contributed by atoms with van der Waals surface area (Å²) in [6, 6.07) is 15.1. The van der Waals surface area contributed by atoms with E-state index in [-0.39, 0.29) is 5.41 Å². The molecule has 0 radical (unpaired) electrons. The molecule has 1 N–H and O–H groups in total. The standard InChI is InChI=1S/C27H25ClN2O3/c28-22-4-2-1-3-21(22)24-23(25(33-29-24)17-5-6-17)19-15-27(16-19)11-13-30(14-12-27)20-9-7-18(8-10-20)26(31)32/h1-4,7-10,15,17H,5-6,11-14,16H2,(H,31,32). The van der Waals surface area contributed by atoms with Crippen LogP contribution in [0.4, 0.5) is 5.69 Å². The van der Waals surface area contributed by atoms with Crippen molar-refractivity contribution in [3.8, 4) is 11.3 Å². The van der Waals surface area contributed by atoms with Gasteiger partial charge >= 0.3 is 5.97 Å². The molecule has 0 bridgehead atoms. The Labute approximate surface area is 197 Å². The normalized spacial score (nSPS) is 19.3. The van der Waals surface area contributed by atoms with Gasteiger partial charge in [0.1, 0.15) is 11.5 Å². The van der Waals surface area contributed by atoms with Gasteiger partial charge in [-0.15, -0.1) is 0 Å². The maximum absolute atomic E-state index is 11.1. The van der Waals surface area contributed by atoms with Gasteiger partial charge in [0.15, 0.2) is 0 Å². The summed E-state index contributed by atoms with van der Waals surface area (Å²) in [5.74, 6) is 0.625. The number of halogens is 1. The first-order valence-corrected chi connectivity index (χ1v) is 12.0. The first kappa shape index (κ1) is 20.5. The number of allylic oxidation sites excluding steroid dienone is 2. The third kappa shape index (κ3) is 3.65. The largest absolute Gasteiger partial charge is 0.478 e. The van der Waals surface area contributed by atoms with Crippen LogP contribution in [0.1, 0.15) is 59.7 Å². The van der Waals surface area contributed by atoms with Crippen molar-refractivity contribution in [2.75, 3.05) is 18.0 Å². The van der Waals surface area contributed by atoms with E-state index in [0.717, 1.165) is 67.9 Å². The van der Waals surface area contributed by atoms with Gasteiger partial charge in [0, 0.05) is 35.8 Å². The van der Waals surface area contributed by atoms with Gasteiger partial charge in [0.2, 0.25) is 0 Å². The van der Waals surface area contributed by atoms with Gasteiger partial charge in [0.05, 0.1) is 10.6 Å². The van der Waals surface area contributed by atoms with E-state index < -0.39 is 5.97 Å². The number of anilines is 1. The fourth-order valence-electron chi connectivity index (χ4n) is 5.30. The minimum absolute atomic E-state index is 0.225. The van der Waals surface area contributed by atoms with Gasteiger partial charge in [-0.25, -0.2) is 4.79 Å². The SMILES string of the molecule is O=C(O)c1ccc(N2CCC3(C=C(c4c(-c5ccccc5Cl)noc4C4CC4)C3)CC2)cc1. The number of nitrogens with zero attached hydrogens (tertiary/aromatic N) is 2. The predicted octanol–water partition coefficient (Wildman–Crippen LogP) is 6.64. The number of piperidine rings is 1. The molecular weight excluding hydrogens is 436 g/mol. The number of rotatable bonds is 5. The zero-order chi connectivity index (χ0) is 22.6. The van der Waals surface area contributed by atoms with Gasteiger partial charge in [0.25, 0.3) is 0 Å². The molecule has 6 rings (SSSR count). The monoisotopic (exact) mass is 460 g/mol. The van der Waals surface area contributed by atoms with Crippen LogP contribution in [0, 0.1) is 5.41 Å². The second kappa shape index (κ2) is 7.77. The van der Waals surface area contributed by atoms with Crippen LogP contribution < -0.4 is 4.90 Å². The van der Waals surface area contributed by atoms with Gasteiger partial charge in [-0.2, -0.15) is 0 Å². The lowest BCUT2D eigenvalue weighted by atomic mass is 9.63. The van der Waals surface area contributed by atoms with E-state index in [9.17, 15) is 4.79 Å². The molecule has 3 aliphatic rings. The number of carboxylic acids is 1. The molecule has 6 heteroatoms. The molecule has 1 aromatic heterocycles. The molecule has 1 spiro atoms. The Morgan fingerprint density at radius 3 is 2.42 bits per heavy atom. The van der Waals surface area contributed by atoms with Crippen molar-refractivity contribution in [2.24, 2.45) is 5.41 Å². The summed E-state index contributed by atoms with van der Waals surface area (Å²) >= 11 is 6.51. The lowest BCUT2D eigenvalue weighted by Crippen LogP contribution is -2.42. The highest BCUT2D eigenvalue weighted by atomic mass is 35.5. The molecule has 1 saturated heterocycles. The van der Waals surface area contributed by atoms with Crippen molar-refractivity contribution >= 4 is 28.8 Å². The average molecular weight is 461 g/mol. The Morgan fingerprint density at radius 2 is 1.79 bits per heavy atom. The summed E-state index contributed by atoms with van der Waals surface area (Å²) in [7, 11) is 0.